The van der Waals surface area contributed by atoms with E-state index in [2.05, 4.69) is 10.2 Å². The normalized spacial score (nSPS) is 19.6. The van der Waals surface area contributed by atoms with Gasteiger partial charge in [0.15, 0.2) is 0 Å². The lowest BCUT2D eigenvalue weighted by Crippen LogP contribution is -2.42. The van der Waals surface area contributed by atoms with Crippen LogP contribution in [0.1, 0.15) is 18.4 Å². The molecule has 0 aromatic heterocycles. The highest BCUT2D eigenvalue weighted by molar-refractivity contribution is 6.30. The van der Waals surface area contributed by atoms with Gasteiger partial charge >= 0.3 is 0 Å². The van der Waals surface area contributed by atoms with Crippen molar-refractivity contribution in [3.8, 4) is 0 Å². The third-order valence-corrected chi connectivity index (χ3v) is 3.77. The maximum atomic E-state index is 11.9. The van der Waals surface area contributed by atoms with Crippen molar-refractivity contribution >= 4 is 17.5 Å². The van der Waals surface area contributed by atoms with Crippen molar-refractivity contribution in [1.29, 1.82) is 0 Å². The van der Waals surface area contributed by atoms with Crippen molar-refractivity contribution < 1.29 is 4.79 Å². The second-order valence-corrected chi connectivity index (χ2v) is 5.34. The highest BCUT2D eigenvalue weighted by Gasteiger charge is 2.24. The Hall–Kier alpha value is -1.10. The molecule has 1 aromatic carbocycles. The molecule has 0 radical (unpaired) electrons. The Morgan fingerprint density at radius 1 is 1.42 bits per heavy atom. The smallest absolute Gasteiger partial charge is 0.234 e. The maximum absolute atomic E-state index is 11.9. The predicted molar refractivity (Wildman–Crippen MR) is 76.9 cm³/mol. The molecular formula is C14H20ClN3O. The number of carbonyl (C=O) groups excluding carboxylic acids is 1. The molecule has 1 aliphatic heterocycles. The van der Waals surface area contributed by atoms with Crippen molar-refractivity contribution in [3.63, 3.8) is 0 Å². The summed E-state index contributed by atoms with van der Waals surface area (Å²) >= 11 is 5.81. The molecule has 3 N–H and O–H groups in total. The minimum absolute atomic E-state index is 0.0512. The van der Waals surface area contributed by atoms with E-state index in [4.69, 9.17) is 17.3 Å². The van der Waals surface area contributed by atoms with E-state index in [0.717, 1.165) is 24.9 Å². The van der Waals surface area contributed by atoms with Gasteiger partial charge in [0, 0.05) is 24.2 Å². The number of nitrogens with two attached hydrogens (primary N) is 1. The molecule has 5 heteroatoms. The van der Waals surface area contributed by atoms with Crippen LogP contribution in [-0.2, 0) is 11.3 Å². The van der Waals surface area contributed by atoms with Crippen molar-refractivity contribution in [2.24, 2.45) is 5.73 Å². The van der Waals surface area contributed by atoms with Gasteiger partial charge in [0.1, 0.15) is 0 Å². The van der Waals surface area contributed by atoms with Crippen LogP contribution in [0.15, 0.2) is 24.3 Å². The fourth-order valence-electron chi connectivity index (χ4n) is 2.41. The van der Waals surface area contributed by atoms with Crippen molar-refractivity contribution in [1.82, 2.24) is 10.2 Å². The third-order valence-electron chi connectivity index (χ3n) is 3.52. The highest BCUT2D eigenvalue weighted by atomic mass is 35.5. The van der Waals surface area contributed by atoms with E-state index in [1.54, 1.807) is 0 Å². The number of hydrogen-bond donors (Lipinski definition) is 2. The van der Waals surface area contributed by atoms with E-state index < -0.39 is 0 Å². The second kappa shape index (κ2) is 6.89. The SMILES string of the molecule is NCC1CCCN1CC(=O)NCc1ccc(Cl)cc1. The Morgan fingerprint density at radius 2 is 2.16 bits per heavy atom. The molecular weight excluding hydrogens is 262 g/mol. The summed E-state index contributed by atoms with van der Waals surface area (Å²) in [5, 5.41) is 3.63. The molecule has 0 aliphatic carbocycles. The molecule has 1 aliphatic rings. The standard InChI is InChI=1S/C14H20ClN3O/c15-12-5-3-11(4-6-12)9-17-14(19)10-18-7-1-2-13(18)8-16/h3-6,13H,1-2,7-10,16H2,(H,17,19). The average Bonchev–Trinajstić information content (AvgIpc) is 2.85. The number of amides is 1. The molecule has 19 heavy (non-hydrogen) atoms. The number of benzene rings is 1. The van der Waals surface area contributed by atoms with Crippen LogP contribution in [0.25, 0.3) is 0 Å². The summed E-state index contributed by atoms with van der Waals surface area (Å²) in [6.45, 7) is 2.58. The zero-order valence-electron chi connectivity index (χ0n) is 10.9. The van der Waals surface area contributed by atoms with E-state index >= 15 is 0 Å². The number of hydrogen-bond acceptors (Lipinski definition) is 3. The van der Waals surface area contributed by atoms with E-state index in [1.165, 1.54) is 0 Å². The summed E-state index contributed by atoms with van der Waals surface area (Å²) < 4.78 is 0. The number of likely N-dealkylation sites (tertiary alicyclic amines) is 1. The second-order valence-electron chi connectivity index (χ2n) is 4.91. The van der Waals surface area contributed by atoms with Gasteiger partial charge in [0.2, 0.25) is 5.91 Å². The molecule has 0 bridgehead atoms. The quantitative estimate of drug-likeness (QED) is 0.857. The maximum Gasteiger partial charge on any atom is 0.234 e. The Bertz CT molecular complexity index is 421. The minimum atomic E-state index is 0.0512. The Kier molecular flexibility index (Phi) is 5.19. The number of rotatable bonds is 5. The minimum Gasteiger partial charge on any atom is -0.351 e. The number of carbonyl (C=O) groups is 1. The first-order valence-corrected chi connectivity index (χ1v) is 7.02. The molecule has 1 aromatic rings. The predicted octanol–water partition coefficient (Wildman–Crippen LogP) is 1.38. The van der Waals surface area contributed by atoms with E-state index in [9.17, 15) is 4.79 Å². The first-order valence-electron chi connectivity index (χ1n) is 6.64. The molecule has 0 spiro atoms. The third kappa shape index (κ3) is 4.20. The van der Waals surface area contributed by atoms with Gasteiger partial charge < -0.3 is 11.1 Å². The van der Waals surface area contributed by atoms with Gasteiger partial charge in [-0.05, 0) is 37.1 Å². The van der Waals surface area contributed by atoms with Crippen LogP contribution >= 0.6 is 11.6 Å². The van der Waals surface area contributed by atoms with Crippen LogP contribution in [-0.4, -0.2) is 36.5 Å². The van der Waals surface area contributed by atoms with Gasteiger partial charge in [-0.25, -0.2) is 0 Å². The van der Waals surface area contributed by atoms with Gasteiger partial charge in [-0.1, -0.05) is 23.7 Å². The lowest BCUT2D eigenvalue weighted by atomic mass is 10.2. The van der Waals surface area contributed by atoms with Crippen molar-refractivity contribution in [2.75, 3.05) is 19.6 Å². The van der Waals surface area contributed by atoms with E-state index in [0.29, 0.717) is 30.7 Å². The van der Waals surface area contributed by atoms with Crippen LogP contribution in [0.4, 0.5) is 0 Å². The Labute approximate surface area is 118 Å². The average molecular weight is 282 g/mol. The van der Waals surface area contributed by atoms with Gasteiger partial charge in [-0.3, -0.25) is 9.69 Å². The fraction of sp³-hybridized carbons (Fsp3) is 0.500. The molecule has 1 amide bonds. The molecule has 2 rings (SSSR count). The summed E-state index contributed by atoms with van der Waals surface area (Å²) in [7, 11) is 0. The Morgan fingerprint density at radius 3 is 2.84 bits per heavy atom. The molecule has 1 saturated heterocycles. The molecule has 1 unspecified atom stereocenters. The topological polar surface area (TPSA) is 58.4 Å². The van der Waals surface area contributed by atoms with Crippen LogP contribution in [0.3, 0.4) is 0 Å². The van der Waals surface area contributed by atoms with Gasteiger partial charge in [0.05, 0.1) is 6.54 Å². The fourth-order valence-corrected chi connectivity index (χ4v) is 2.54. The summed E-state index contributed by atoms with van der Waals surface area (Å²) in [5.41, 5.74) is 6.74. The zero-order chi connectivity index (χ0) is 13.7. The Balaban J connectivity index is 1.77. The van der Waals surface area contributed by atoms with Crippen molar-refractivity contribution in [2.45, 2.75) is 25.4 Å². The van der Waals surface area contributed by atoms with Crippen LogP contribution in [0, 0.1) is 0 Å². The summed E-state index contributed by atoms with van der Waals surface area (Å²) in [6, 6.07) is 7.85. The first-order chi connectivity index (χ1) is 9.19. The van der Waals surface area contributed by atoms with Gasteiger partial charge in [-0.2, -0.15) is 0 Å². The van der Waals surface area contributed by atoms with Gasteiger partial charge in [-0.15, -0.1) is 0 Å². The summed E-state index contributed by atoms with van der Waals surface area (Å²) in [6.07, 6.45) is 2.23. The molecule has 1 fully saturated rings. The number of halogens is 1. The van der Waals surface area contributed by atoms with E-state index in [1.807, 2.05) is 24.3 Å². The van der Waals surface area contributed by atoms with Crippen LogP contribution < -0.4 is 11.1 Å². The number of nitrogens with one attached hydrogen (secondary N) is 1. The lowest BCUT2D eigenvalue weighted by molar-refractivity contribution is -0.122. The molecule has 104 valence electrons. The van der Waals surface area contributed by atoms with Gasteiger partial charge in [0.25, 0.3) is 0 Å². The molecule has 4 nitrogen and oxygen atoms in total. The highest BCUT2D eigenvalue weighted by Crippen LogP contribution is 2.15. The molecule has 1 heterocycles. The zero-order valence-corrected chi connectivity index (χ0v) is 11.7. The molecule has 1 atom stereocenters. The summed E-state index contributed by atoms with van der Waals surface area (Å²) in [4.78, 5) is 14.0. The molecule has 0 saturated carbocycles. The van der Waals surface area contributed by atoms with Crippen molar-refractivity contribution in [3.05, 3.63) is 34.9 Å². The van der Waals surface area contributed by atoms with E-state index in [-0.39, 0.29) is 5.91 Å². The van der Waals surface area contributed by atoms with Crippen LogP contribution in [0.5, 0.6) is 0 Å². The monoisotopic (exact) mass is 281 g/mol. The summed E-state index contributed by atoms with van der Waals surface area (Å²) in [5.74, 6) is 0.0512. The van der Waals surface area contributed by atoms with Crippen LogP contribution in [0.2, 0.25) is 5.02 Å². The largest absolute Gasteiger partial charge is 0.351 e. The number of nitrogens with zero attached hydrogens (tertiary/aromatic N) is 1. The first kappa shape index (κ1) is 14.3. The lowest BCUT2D eigenvalue weighted by Gasteiger charge is -2.22.